The third kappa shape index (κ3) is 4.49. The summed E-state index contributed by atoms with van der Waals surface area (Å²) in [6, 6.07) is 2.91. The zero-order valence-electron chi connectivity index (χ0n) is 13.7. The highest BCUT2D eigenvalue weighted by Crippen LogP contribution is 2.31. The molecular formula is C15H19ClN4O6. The highest BCUT2D eigenvalue weighted by atomic mass is 35.5. The van der Waals surface area contributed by atoms with Crippen molar-refractivity contribution in [1.29, 1.82) is 0 Å². The largest absolute Gasteiger partial charge is 0.395 e. The van der Waals surface area contributed by atoms with Gasteiger partial charge in [0.1, 0.15) is 11.5 Å². The normalized spacial score (nSPS) is 14.0. The van der Waals surface area contributed by atoms with E-state index in [0.29, 0.717) is 11.1 Å². The molecule has 26 heavy (non-hydrogen) atoms. The standard InChI is InChI=1S/C15H19ClN4O6/c1-14(23,15(24,25)26)20-12-5-9(10(16)7-19-12)8-4-11(18-6-8)13(22)17-2-3-21/h4-7,18,21,23-26H,2-3H2,1H3,(H,17,22)(H,19,20). The lowest BCUT2D eigenvalue weighted by molar-refractivity contribution is -0.379. The number of aromatic nitrogens is 2. The molecule has 0 aliphatic carbocycles. The van der Waals surface area contributed by atoms with E-state index in [1.807, 2.05) is 0 Å². The van der Waals surface area contributed by atoms with Crippen LogP contribution in [0, 0.1) is 0 Å². The zero-order valence-corrected chi connectivity index (χ0v) is 14.4. The molecule has 0 aromatic carbocycles. The molecule has 0 aliphatic heterocycles. The lowest BCUT2D eigenvalue weighted by Crippen LogP contribution is -2.57. The van der Waals surface area contributed by atoms with Gasteiger partial charge in [0.2, 0.25) is 5.72 Å². The van der Waals surface area contributed by atoms with Crippen LogP contribution in [0.5, 0.6) is 0 Å². The summed E-state index contributed by atoms with van der Waals surface area (Å²) in [6.45, 7) is 0.854. The van der Waals surface area contributed by atoms with Crippen molar-refractivity contribution in [3.63, 3.8) is 0 Å². The fourth-order valence-electron chi connectivity index (χ4n) is 2.01. The number of aromatic amines is 1. The molecule has 1 unspecified atom stereocenters. The number of hydrogen-bond donors (Lipinski definition) is 8. The van der Waals surface area contributed by atoms with E-state index in [4.69, 9.17) is 32.0 Å². The molecule has 10 nitrogen and oxygen atoms in total. The van der Waals surface area contributed by atoms with E-state index in [1.165, 1.54) is 24.5 Å². The Morgan fingerprint density at radius 3 is 2.62 bits per heavy atom. The lowest BCUT2D eigenvalue weighted by Gasteiger charge is -2.32. The lowest BCUT2D eigenvalue weighted by atomic mass is 10.1. The van der Waals surface area contributed by atoms with E-state index in [0.717, 1.165) is 6.92 Å². The van der Waals surface area contributed by atoms with Gasteiger partial charge in [-0.05, 0) is 19.1 Å². The van der Waals surface area contributed by atoms with Crippen LogP contribution in [0.3, 0.4) is 0 Å². The molecule has 11 heteroatoms. The first kappa shape index (κ1) is 20.1. The molecule has 142 valence electrons. The van der Waals surface area contributed by atoms with Gasteiger partial charge in [-0.1, -0.05) is 11.6 Å². The number of anilines is 1. The van der Waals surface area contributed by atoms with Gasteiger partial charge in [-0.15, -0.1) is 0 Å². The summed E-state index contributed by atoms with van der Waals surface area (Å²) in [7, 11) is 0. The summed E-state index contributed by atoms with van der Waals surface area (Å²) in [4.78, 5) is 18.5. The van der Waals surface area contributed by atoms with Crippen molar-refractivity contribution in [3.8, 4) is 11.1 Å². The van der Waals surface area contributed by atoms with E-state index < -0.39 is 17.6 Å². The average molecular weight is 387 g/mol. The van der Waals surface area contributed by atoms with Crippen molar-refractivity contribution in [2.75, 3.05) is 18.5 Å². The Labute approximate surface area is 153 Å². The number of halogens is 1. The van der Waals surface area contributed by atoms with Gasteiger partial charge >= 0.3 is 5.97 Å². The number of aliphatic hydroxyl groups is 5. The van der Waals surface area contributed by atoms with Gasteiger partial charge in [-0.2, -0.15) is 0 Å². The van der Waals surface area contributed by atoms with E-state index in [-0.39, 0.29) is 29.7 Å². The Hall–Kier alpha value is -2.21. The Morgan fingerprint density at radius 1 is 1.31 bits per heavy atom. The van der Waals surface area contributed by atoms with Crippen molar-refractivity contribution in [2.45, 2.75) is 18.6 Å². The summed E-state index contributed by atoms with van der Waals surface area (Å²) in [5, 5.41) is 51.1. The SMILES string of the molecule is CC(O)(Nc1cc(-c2c[nH]c(C(=O)NCCO)c2)c(Cl)cn1)C(O)(O)O. The number of rotatable bonds is 7. The van der Waals surface area contributed by atoms with Crippen molar-refractivity contribution in [2.24, 2.45) is 0 Å². The molecule has 2 aromatic rings. The third-order valence-electron chi connectivity index (χ3n) is 3.52. The van der Waals surface area contributed by atoms with Gasteiger partial charge in [0.25, 0.3) is 5.91 Å². The monoisotopic (exact) mass is 386 g/mol. The van der Waals surface area contributed by atoms with Crippen LogP contribution in [0.15, 0.2) is 24.5 Å². The van der Waals surface area contributed by atoms with Crippen molar-refractivity contribution in [1.82, 2.24) is 15.3 Å². The molecule has 0 spiro atoms. The van der Waals surface area contributed by atoms with Crippen LogP contribution in [0.2, 0.25) is 5.02 Å². The first-order valence-electron chi connectivity index (χ1n) is 7.46. The molecule has 2 aromatic heterocycles. The van der Waals surface area contributed by atoms with Crippen molar-refractivity contribution in [3.05, 3.63) is 35.2 Å². The molecule has 0 fully saturated rings. The van der Waals surface area contributed by atoms with Gasteiger partial charge in [0.15, 0.2) is 0 Å². The number of hydrogen-bond acceptors (Lipinski definition) is 8. The summed E-state index contributed by atoms with van der Waals surface area (Å²) >= 11 is 6.12. The van der Waals surface area contributed by atoms with Crippen molar-refractivity contribution < 1.29 is 30.3 Å². The molecule has 1 atom stereocenters. The number of nitrogens with one attached hydrogen (secondary N) is 3. The molecule has 0 bridgehead atoms. The Bertz CT molecular complexity index is 787. The van der Waals surface area contributed by atoms with Gasteiger partial charge in [-0.25, -0.2) is 4.98 Å². The average Bonchev–Trinajstić information content (AvgIpc) is 3.03. The highest BCUT2D eigenvalue weighted by Gasteiger charge is 2.43. The summed E-state index contributed by atoms with van der Waals surface area (Å²) < 4.78 is 0. The maximum atomic E-state index is 11.9. The molecule has 0 saturated carbocycles. The number of H-pyrrole nitrogens is 1. The number of carbonyl (C=O) groups is 1. The first-order valence-corrected chi connectivity index (χ1v) is 7.84. The number of pyridine rings is 1. The molecular weight excluding hydrogens is 368 g/mol. The minimum absolute atomic E-state index is 0.0107. The Balaban J connectivity index is 2.28. The summed E-state index contributed by atoms with van der Waals surface area (Å²) in [5.41, 5.74) is -1.32. The van der Waals surface area contributed by atoms with Crippen LogP contribution in [-0.2, 0) is 0 Å². The fourth-order valence-corrected chi connectivity index (χ4v) is 2.22. The molecule has 2 rings (SSSR count). The van der Waals surface area contributed by atoms with E-state index in [9.17, 15) is 9.90 Å². The summed E-state index contributed by atoms with van der Waals surface area (Å²) in [5.74, 6) is -3.84. The predicted octanol–water partition coefficient (Wildman–Crippen LogP) is -0.797. The zero-order chi connectivity index (χ0) is 19.5. The van der Waals surface area contributed by atoms with Crippen LogP contribution in [-0.4, -0.2) is 66.3 Å². The minimum Gasteiger partial charge on any atom is -0.395 e. The van der Waals surface area contributed by atoms with Crippen LogP contribution < -0.4 is 10.6 Å². The number of aliphatic hydroxyl groups excluding tert-OH is 1. The van der Waals surface area contributed by atoms with E-state index >= 15 is 0 Å². The van der Waals surface area contributed by atoms with Gasteiger partial charge in [-0.3, -0.25) is 4.79 Å². The summed E-state index contributed by atoms with van der Waals surface area (Å²) in [6.07, 6.45) is 2.77. The molecule has 2 heterocycles. The topological polar surface area (TPSA) is 171 Å². The van der Waals surface area contributed by atoms with E-state index in [2.05, 4.69) is 20.6 Å². The fraction of sp³-hybridized carbons (Fsp3) is 0.333. The molecule has 0 radical (unpaired) electrons. The van der Waals surface area contributed by atoms with Crippen LogP contribution in [0.25, 0.3) is 11.1 Å². The number of nitrogens with zero attached hydrogens (tertiary/aromatic N) is 1. The number of amides is 1. The smallest absolute Gasteiger partial charge is 0.325 e. The number of carbonyl (C=O) groups excluding carboxylic acids is 1. The third-order valence-corrected chi connectivity index (χ3v) is 3.82. The minimum atomic E-state index is -3.42. The van der Waals surface area contributed by atoms with Gasteiger partial charge in [0, 0.05) is 30.1 Å². The second-order valence-corrected chi connectivity index (χ2v) is 6.07. The molecule has 0 aliphatic rings. The maximum Gasteiger partial charge on any atom is 0.325 e. The van der Waals surface area contributed by atoms with E-state index in [1.54, 1.807) is 0 Å². The van der Waals surface area contributed by atoms with Gasteiger partial charge in [0.05, 0.1) is 11.6 Å². The molecule has 8 N–H and O–H groups in total. The van der Waals surface area contributed by atoms with Gasteiger partial charge < -0.3 is 41.2 Å². The van der Waals surface area contributed by atoms with Crippen LogP contribution in [0.4, 0.5) is 5.82 Å². The molecule has 0 saturated heterocycles. The van der Waals surface area contributed by atoms with Crippen LogP contribution in [0.1, 0.15) is 17.4 Å². The maximum absolute atomic E-state index is 11.9. The Morgan fingerprint density at radius 2 is 2.00 bits per heavy atom. The quantitative estimate of drug-likeness (QED) is 0.286. The van der Waals surface area contributed by atoms with Crippen LogP contribution >= 0.6 is 11.6 Å². The second-order valence-electron chi connectivity index (χ2n) is 5.66. The second kappa shape index (κ2) is 7.58. The highest BCUT2D eigenvalue weighted by molar-refractivity contribution is 6.33. The first-order chi connectivity index (χ1) is 12.0. The Kier molecular flexibility index (Phi) is 5.86. The van der Waals surface area contributed by atoms with Crippen molar-refractivity contribution >= 4 is 23.3 Å². The molecule has 1 amide bonds. The predicted molar refractivity (Wildman–Crippen MR) is 92.1 cm³/mol.